The number of hydrogen-bond donors (Lipinski definition) is 7. The molecule has 1 amide bonds. The van der Waals surface area contributed by atoms with Crippen molar-refractivity contribution in [3.05, 3.63) is 24.3 Å². The SMILES string of the molecule is CCCCCCCCCCCC/C=C\CCC/C=C/C(O)C(CO[C@@H]1O[C@H](CO)[C@@H](O)[C@H](O)[C@H]1O)NC(=O)C(O)CCCCCCCCCCCCCC. The smallest absolute Gasteiger partial charge is 0.249 e. The molecule has 1 heterocycles. The van der Waals surface area contributed by atoms with Crippen molar-refractivity contribution in [3.63, 3.8) is 0 Å². The largest absolute Gasteiger partial charge is 0.394 e. The number of unbranched alkanes of at least 4 members (excludes halogenated alkanes) is 23. The number of aliphatic hydroxyl groups excluding tert-OH is 6. The van der Waals surface area contributed by atoms with Gasteiger partial charge in [0.15, 0.2) is 6.29 Å². The second kappa shape index (κ2) is 34.8. The quantitative estimate of drug-likeness (QED) is 0.0250. The van der Waals surface area contributed by atoms with E-state index in [0.29, 0.717) is 12.8 Å². The Hall–Kier alpha value is -1.37. The second-order valence-corrected chi connectivity index (χ2v) is 15.6. The highest BCUT2D eigenvalue weighted by Crippen LogP contribution is 2.22. The first-order valence-electron chi connectivity index (χ1n) is 22.2. The zero-order chi connectivity index (χ0) is 39.7. The van der Waals surface area contributed by atoms with Crippen LogP contribution in [0.25, 0.3) is 0 Å². The van der Waals surface area contributed by atoms with E-state index in [4.69, 9.17) is 9.47 Å². The Labute approximate surface area is 329 Å². The van der Waals surface area contributed by atoms with Crippen molar-refractivity contribution in [1.82, 2.24) is 5.32 Å². The number of allylic oxidation sites excluding steroid dienone is 3. The first-order chi connectivity index (χ1) is 26.3. The van der Waals surface area contributed by atoms with Gasteiger partial charge >= 0.3 is 0 Å². The number of carbonyl (C=O) groups is 1. The Morgan fingerprint density at radius 3 is 1.61 bits per heavy atom. The number of hydrogen-bond acceptors (Lipinski definition) is 9. The molecular formula is C44H83NO9. The molecule has 54 heavy (non-hydrogen) atoms. The van der Waals surface area contributed by atoms with Gasteiger partial charge in [0.05, 0.1) is 25.4 Å². The maximum absolute atomic E-state index is 13.0. The van der Waals surface area contributed by atoms with Crippen LogP contribution >= 0.6 is 0 Å². The van der Waals surface area contributed by atoms with E-state index >= 15 is 0 Å². The van der Waals surface area contributed by atoms with Crippen LogP contribution in [0.5, 0.6) is 0 Å². The standard InChI is InChI=1S/C44H83NO9/c1-3-5-7-9-11-13-15-17-18-19-20-21-23-24-26-28-30-32-37(47)36(35-53-44-42(51)41(50)40(49)39(34-46)54-44)45-43(52)38(48)33-31-29-27-25-22-16-14-12-10-8-6-4-2/h21,23,30,32,36-42,44,46-51H,3-20,22,24-29,31,33-35H2,1-2H3,(H,45,52)/b23-21-,32-30+/t36?,37?,38?,39-,40-,41+,42-,44-/m1/s1. The highest BCUT2D eigenvalue weighted by Gasteiger charge is 2.44. The highest BCUT2D eigenvalue weighted by atomic mass is 16.7. The van der Waals surface area contributed by atoms with Crippen molar-refractivity contribution >= 4 is 5.91 Å². The third kappa shape index (κ3) is 25.0. The van der Waals surface area contributed by atoms with Gasteiger partial charge in [-0.3, -0.25) is 4.79 Å². The number of ether oxygens (including phenoxy) is 2. The summed E-state index contributed by atoms with van der Waals surface area (Å²) in [5, 5.41) is 64.5. The summed E-state index contributed by atoms with van der Waals surface area (Å²) in [5.74, 6) is -0.625. The minimum absolute atomic E-state index is 0.308. The maximum atomic E-state index is 13.0. The average molecular weight is 770 g/mol. The fourth-order valence-electron chi connectivity index (χ4n) is 6.93. The molecule has 10 heteroatoms. The van der Waals surface area contributed by atoms with Crippen LogP contribution in [0.15, 0.2) is 24.3 Å². The molecule has 1 aliphatic rings. The van der Waals surface area contributed by atoms with Crippen LogP contribution in [0.2, 0.25) is 0 Å². The molecular weight excluding hydrogens is 686 g/mol. The molecule has 0 radical (unpaired) electrons. The summed E-state index contributed by atoms with van der Waals surface area (Å²) in [6.45, 7) is 3.58. The summed E-state index contributed by atoms with van der Waals surface area (Å²) < 4.78 is 11.1. The van der Waals surface area contributed by atoms with Crippen molar-refractivity contribution in [2.24, 2.45) is 0 Å². The van der Waals surface area contributed by atoms with Crippen LogP contribution in [0.3, 0.4) is 0 Å². The molecule has 1 saturated heterocycles. The van der Waals surface area contributed by atoms with Gasteiger partial charge in [0, 0.05) is 0 Å². The Kier molecular flexibility index (Phi) is 32.7. The third-order valence-electron chi connectivity index (χ3n) is 10.6. The Morgan fingerprint density at radius 1 is 0.630 bits per heavy atom. The normalized spacial score (nSPS) is 22.3. The lowest BCUT2D eigenvalue weighted by atomic mass is 9.99. The number of nitrogens with one attached hydrogen (secondary N) is 1. The summed E-state index contributed by atoms with van der Waals surface area (Å²) in [6.07, 6.45) is 29.8. The Bertz CT molecular complexity index is 916. The molecule has 1 rings (SSSR count). The van der Waals surface area contributed by atoms with Crippen molar-refractivity contribution in [1.29, 1.82) is 0 Å². The second-order valence-electron chi connectivity index (χ2n) is 15.6. The molecule has 7 N–H and O–H groups in total. The molecule has 10 nitrogen and oxygen atoms in total. The van der Waals surface area contributed by atoms with Gasteiger partial charge in [-0.15, -0.1) is 0 Å². The molecule has 0 spiro atoms. The van der Waals surface area contributed by atoms with E-state index in [9.17, 15) is 35.4 Å². The fraction of sp³-hybridized carbons (Fsp3) is 0.886. The highest BCUT2D eigenvalue weighted by molar-refractivity contribution is 5.80. The van der Waals surface area contributed by atoms with Crippen LogP contribution in [-0.4, -0.2) is 98.7 Å². The van der Waals surface area contributed by atoms with E-state index in [1.807, 2.05) is 6.08 Å². The van der Waals surface area contributed by atoms with Gasteiger partial charge in [-0.05, 0) is 38.5 Å². The van der Waals surface area contributed by atoms with E-state index < -0.39 is 61.5 Å². The summed E-state index contributed by atoms with van der Waals surface area (Å²) in [4.78, 5) is 13.0. The zero-order valence-electron chi connectivity index (χ0n) is 34.3. The molecule has 1 fully saturated rings. The van der Waals surface area contributed by atoms with E-state index in [0.717, 1.165) is 44.9 Å². The molecule has 1 aliphatic heterocycles. The van der Waals surface area contributed by atoms with Gasteiger partial charge < -0.3 is 45.4 Å². The molecule has 0 aromatic heterocycles. The predicted molar refractivity (Wildman–Crippen MR) is 218 cm³/mol. The molecule has 0 aliphatic carbocycles. The van der Waals surface area contributed by atoms with E-state index in [2.05, 4.69) is 31.3 Å². The molecule has 0 bridgehead atoms. The van der Waals surface area contributed by atoms with E-state index in [1.165, 1.54) is 116 Å². The molecule has 0 aromatic carbocycles. The van der Waals surface area contributed by atoms with Crippen LogP contribution in [0.4, 0.5) is 0 Å². The van der Waals surface area contributed by atoms with Gasteiger partial charge in [-0.2, -0.15) is 0 Å². The lowest BCUT2D eigenvalue weighted by Crippen LogP contribution is -2.60. The van der Waals surface area contributed by atoms with Crippen LogP contribution < -0.4 is 5.32 Å². The summed E-state index contributed by atoms with van der Waals surface area (Å²) >= 11 is 0. The molecule has 318 valence electrons. The van der Waals surface area contributed by atoms with Crippen LogP contribution in [0.1, 0.15) is 187 Å². The lowest BCUT2D eigenvalue weighted by molar-refractivity contribution is -0.302. The van der Waals surface area contributed by atoms with Crippen molar-refractivity contribution < 1.29 is 44.9 Å². The first kappa shape index (κ1) is 50.6. The van der Waals surface area contributed by atoms with Crippen molar-refractivity contribution in [2.45, 2.75) is 236 Å². The van der Waals surface area contributed by atoms with E-state index in [-0.39, 0.29) is 6.61 Å². The zero-order valence-corrected chi connectivity index (χ0v) is 34.3. The number of rotatable bonds is 36. The van der Waals surface area contributed by atoms with E-state index in [1.54, 1.807) is 6.08 Å². The Morgan fingerprint density at radius 2 is 1.09 bits per heavy atom. The van der Waals surface area contributed by atoms with Crippen LogP contribution in [0, 0.1) is 0 Å². The number of carbonyl (C=O) groups excluding carboxylic acids is 1. The maximum Gasteiger partial charge on any atom is 0.249 e. The monoisotopic (exact) mass is 770 g/mol. The minimum atomic E-state index is -1.61. The number of aliphatic hydroxyl groups is 6. The van der Waals surface area contributed by atoms with Crippen molar-refractivity contribution in [3.8, 4) is 0 Å². The van der Waals surface area contributed by atoms with Crippen molar-refractivity contribution in [2.75, 3.05) is 13.2 Å². The molecule has 0 aromatic rings. The summed E-state index contributed by atoms with van der Waals surface area (Å²) in [7, 11) is 0. The lowest BCUT2D eigenvalue weighted by Gasteiger charge is -2.40. The van der Waals surface area contributed by atoms with Gasteiger partial charge in [-0.25, -0.2) is 0 Å². The summed E-state index contributed by atoms with van der Waals surface area (Å²) in [5.41, 5.74) is 0. The van der Waals surface area contributed by atoms with Gasteiger partial charge in [0.1, 0.15) is 30.5 Å². The topological polar surface area (TPSA) is 169 Å². The molecule has 0 saturated carbocycles. The summed E-state index contributed by atoms with van der Waals surface area (Å²) in [6, 6.07) is -0.987. The third-order valence-corrected chi connectivity index (χ3v) is 10.6. The fourth-order valence-corrected chi connectivity index (χ4v) is 6.93. The Balaban J connectivity index is 2.47. The minimum Gasteiger partial charge on any atom is -0.394 e. The average Bonchev–Trinajstić information content (AvgIpc) is 3.17. The van der Waals surface area contributed by atoms with Gasteiger partial charge in [0.2, 0.25) is 5.91 Å². The molecule has 3 unspecified atom stereocenters. The predicted octanol–water partition coefficient (Wildman–Crippen LogP) is 7.69. The molecule has 8 atom stereocenters. The first-order valence-corrected chi connectivity index (χ1v) is 22.2. The van der Waals surface area contributed by atoms with Gasteiger partial charge in [-0.1, -0.05) is 173 Å². The van der Waals surface area contributed by atoms with Gasteiger partial charge in [0.25, 0.3) is 0 Å². The number of amides is 1. The van der Waals surface area contributed by atoms with Crippen LogP contribution in [-0.2, 0) is 14.3 Å².